The van der Waals surface area contributed by atoms with Gasteiger partial charge in [0.05, 0.1) is 5.39 Å². The standard InChI is InChI=1S/C16H14N4O2/c21-15-12-6-2-1-5-11(12)14(18-19-15)16(22)20-17-13-8-9-4-3-7-10(9)13/h1-6,9-10H,7-8H2,(H,19,21)(H,20,22)/b17-13-/t9-,10-/m0/s1. The normalized spacial score (nSPS) is 24.3. The number of carbonyl (C=O) groups excluding carboxylic acids is 1. The quantitative estimate of drug-likeness (QED) is 0.651. The second kappa shape index (κ2) is 4.91. The van der Waals surface area contributed by atoms with Crippen LogP contribution in [0.4, 0.5) is 0 Å². The Bertz CT molecular complexity index is 881. The predicted octanol–water partition coefficient (Wildman–Crippen LogP) is 1.60. The lowest BCUT2D eigenvalue weighted by molar-refractivity contribution is 0.0950. The van der Waals surface area contributed by atoms with Crippen molar-refractivity contribution in [2.75, 3.05) is 0 Å². The molecule has 0 spiro atoms. The van der Waals surface area contributed by atoms with Crippen molar-refractivity contribution in [1.82, 2.24) is 15.6 Å². The van der Waals surface area contributed by atoms with Crippen LogP contribution in [0.15, 0.2) is 46.3 Å². The molecule has 1 aromatic carbocycles. The number of allylic oxidation sites excluding steroid dienone is 2. The average molecular weight is 294 g/mol. The molecule has 4 rings (SSSR count). The summed E-state index contributed by atoms with van der Waals surface area (Å²) in [6.45, 7) is 0. The first-order chi connectivity index (χ1) is 10.7. The molecule has 6 nitrogen and oxygen atoms in total. The molecule has 0 aliphatic heterocycles. The SMILES string of the molecule is O=C(N/N=C1/C[C@@H]2C=CC[C@H]12)c1n[nH]c(=O)c2ccccc12. The van der Waals surface area contributed by atoms with E-state index >= 15 is 0 Å². The number of fused-ring (bicyclic) bond motifs is 2. The van der Waals surface area contributed by atoms with Gasteiger partial charge in [-0.1, -0.05) is 30.4 Å². The third-order valence-electron chi connectivity index (χ3n) is 4.38. The Hall–Kier alpha value is -2.76. The second-order valence-electron chi connectivity index (χ2n) is 5.63. The van der Waals surface area contributed by atoms with E-state index in [1.807, 2.05) is 0 Å². The van der Waals surface area contributed by atoms with E-state index < -0.39 is 5.91 Å². The summed E-state index contributed by atoms with van der Waals surface area (Å²) in [5, 5.41) is 11.4. The number of benzene rings is 1. The van der Waals surface area contributed by atoms with Gasteiger partial charge in [-0.05, 0) is 24.8 Å². The van der Waals surface area contributed by atoms with Crippen LogP contribution in [0.1, 0.15) is 23.3 Å². The van der Waals surface area contributed by atoms with Gasteiger partial charge >= 0.3 is 0 Å². The molecule has 2 atom stereocenters. The van der Waals surface area contributed by atoms with Crippen LogP contribution in [-0.2, 0) is 0 Å². The Labute approximate surface area is 125 Å². The van der Waals surface area contributed by atoms with Crippen LogP contribution >= 0.6 is 0 Å². The largest absolute Gasteiger partial charge is 0.292 e. The molecule has 2 N–H and O–H groups in total. The van der Waals surface area contributed by atoms with E-state index in [4.69, 9.17) is 0 Å². The predicted molar refractivity (Wildman–Crippen MR) is 82.6 cm³/mol. The zero-order chi connectivity index (χ0) is 15.1. The minimum absolute atomic E-state index is 0.181. The first-order valence-corrected chi connectivity index (χ1v) is 7.25. The van der Waals surface area contributed by atoms with Gasteiger partial charge in [-0.3, -0.25) is 9.59 Å². The minimum Gasteiger partial charge on any atom is -0.267 e. The summed E-state index contributed by atoms with van der Waals surface area (Å²) in [4.78, 5) is 24.0. The number of carbonyl (C=O) groups is 1. The summed E-state index contributed by atoms with van der Waals surface area (Å²) < 4.78 is 0. The summed E-state index contributed by atoms with van der Waals surface area (Å²) in [5.74, 6) is 0.623. The summed E-state index contributed by atoms with van der Waals surface area (Å²) in [6.07, 6.45) is 6.28. The number of aromatic amines is 1. The van der Waals surface area contributed by atoms with Gasteiger partial charge in [-0.25, -0.2) is 10.5 Å². The van der Waals surface area contributed by atoms with Crippen molar-refractivity contribution in [2.45, 2.75) is 12.8 Å². The van der Waals surface area contributed by atoms with Gasteiger partial charge in [0.1, 0.15) is 0 Å². The zero-order valence-electron chi connectivity index (χ0n) is 11.7. The van der Waals surface area contributed by atoms with Crippen LogP contribution in [0.2, 0.25) is 0 Å². The molecule has 22 heavy (non-hydrogen) atoms. The molecule has 0 unspecified atom stereocenters. The first kappa shape index (κ1) is 12.9. The maximum atomic E-state index is 12.3. The number of nitrogens with one attached hydrogen (secondary N) is 2. The molecule has 0 radical (unpaired) electrons. The summed E-state index contributed by atoms with van der Waals surface area (Å²) >= 11 is 0. The first-order valence-electron chi connectivity index (χ1n) is 7.25. The van der Waals surface area contributed by atoms with Crippen molar-refractivity contribution in [2.24, 2.45) is 16.9 Å². The number of nitrogens with zero attached hydrogens (tertiary/aromatic N) is 2. The van der Waals surface area contributed by atoms with Crippen molar-refractivity contribution in [3.63, 3.8) is 0 Å². The molecule has 1 saturated carbocycles. The lowest BCUT2D eigenvalue weighted by Gasteiger charge is -2.31. The maximum Gasteiger partial charge on any atom is 0.292 e. The lowest BCUT2D eigenvalue weighted by atomic mass is 9.74. The molecule has 1 aromatic heterocycles. The van der Waals surface area contributed by atoms with E-state index in [9.17, 15) is 9.59 Å². The fourth-order valence-corrected chi connectivity index (χ4v) is 3.13. The van der Waals surface area contributed by atoms with Crippen LogP contribution < -0.4 is 11.0 Å². The van der Waals surface area contributed by atoms with Gasteiger partial charge in [-0.2, -0.15) is 10.2 Å². The average Bonchev–Trinajstić information content (AvgIpc) is 2.89. The Kier molecular flexibility index (Phi) is 2.89. The Morgan fingerprint density at radius 1 is 1.32 bits per heavy atom. The number of amides is 1. The third kappa shape index (κ3) is 1.95. The van der Waals surface area contributed by atoms with Gasteiger partial charge in [0.2, 0.25) is 0 Å². The van der Waals surface area contributed by atoms with Gasteiger partial charge < -0.3 is 0 Å². The van der Waals surface area contributed by atoms with Crippen molar-refractivity contribution in [3.05, 3.63) is 52.5 Å². The minimum atomic E-state index is -0.408. The van der Waals surface area contributed by atoms with Crippen LogP contribution in [0.5, 0.6) is 0 Å². The molecule has 2 aromatic rings. The molecule has 1 fully saturated rings. The topological polar surface area (TPSA) is 87.2 Å². The number of aromatic nitrogens is 2. The van der Waals surface area contributed by atoms with Crippen LogP contribution in [-0.4, -0.2) is 21.8 Å². The van der Waals surface area contributed by atoms with Crippen molar-refractivity contribution in [3.8, 4) is 0 Å². The second-order valence-corrected chi connectivity index (χ2v) is 5.63. The maximum absolute atomic E-state index is 12.3. The van der Waals surface area contributed by atoms with Crippen molar-refractivity contribution in [1.29, 1.82) is 0 Å². The molecule has 6 heteroatoms. The molecule has 1 heterocycles. The summed E-state index contributed by atoms with van der Waals surface area (Å²) in [6, 6.07) is 6.90. The molecular weight excluding hydrogens is 280 g/mol. The van der Waals surface area contributed by atoms with Gasteiger partial charge in [0.15, 0.2) is 5.69 Å². The van der Waals surface area contributed by atoms with Crippen LogP contribution in [0.25, 0.3) is 10.8 Å². The number of hydrogen-bond acceptors (Lipinski definition) is 4. The van der Waals surface area contributed by atoms with E-state index in [1.54, 1.807) is 24.3 Å². The van der Waals surface area contributed by atoms with Crippen molar-refractivity contribution >= 4 is 22.4 Å². The number of hydrogen-bond donors (Lipinski definition) is 2. The molecule has 110 valence electrons. The Morgan fingerprint density at radius 3 is 2.95 bits per heavy atom. The van der Waals surface area contributed by atoms with Crippen LogP contribution in [0.3, 0.4) is 0 Å². The molecule has 2 aliphatic rings. The number of rotatable bonds is 2. The molecule has 2 aliphatic carbocycles. The van der Waals surface area contributed by atoms with Gasteiger partial charge in [0.25, 0.3) is 11.5 Å². The number of H-pyrrole nitrogens is 1. The smallest absolute Gasteiger partial charge is 0.267 e. The molecule has 0 saturated heterocycles. The highest BCUT2D eigenvalue weighted by Crippen LogP contribution is 2.40. The van der Waals surface area contributed by atoms with Crippen LogP contribution in [0, 0.1) is 11.8 Å². The van der Waals surface area contributed by atoms with Crippen molar-refractivity contribution < 1.29 is 4.79 Å². The third-order valence-corrected chi connectivity index (χ3v) is 4.38. The molecule has 1 amide bonds. The highest BCUT2D eigenvalue weighted by molar-refractivity contribution is 6.05. The Morgan fingerprint density at radius 2 is 2.14 bits per heavy atom. The summed E-state index contributed by atoms with van der Waals surface area (Å²) in [5.41, 5.74) is 3.46. The molecule has 0 bridgehead atoms. The van der Waals surface area contributed by atoms with E-state index in [0.717, 1.165) is 18.6 Å². The molecular formula is C16H14N4O2. The van der Waals surface area contributed by atoms with Gasteiger partial charge in [-0.15, -0.1) is 0 Å². The van der Waals surface area contributed by atoms with E-state index in [2.05, 4.69) is 32.9 Å². The lowest BCUT2D eigenvalue weighted by Crippen LogP contribution is -2.35. The van der Waals surface area contributed by atoms with E-state index in [-0.39, 0.29) is 11.3 Å². The zero-order valence-corrected chi connectivity index (χ0v) is 11.7. The fourth-order valence-electron chi connectivity index (χ4n) is 3.13. The van der Waals surface area contributed by atoms with Gasteiger partial charge in [0, 0.05) is 17.0 Å². The number of hydrazone groups is 1. The summed E-state index contributed by atoms with van der Waals surface area (Å²) in [7, 11) is 0. The van der Waals surface area contributed by atoms with E-state index in [1.165, 1.54) is 0 Å². The fraction of sp³-hybridized carbons (Fsp3) is 0.250. The highest BCUT2D eigenvalue weighted by atomic mass is 16.2. The van der Waals surface area contributed by atoms with E-state index in [0.29, 0.717) is 22.6 Å². The Balaban J connectivity index is 1.60. The monoisotopic (exact) mass is 294 g/mol. The highest BCUT2D eigenvalue weighted by Gasteiger charge is 2.38.